The molecule has 26 heavy (non-hydrogen) atoms. The summed E-state index contributed by atoms with van der Waals surface area (Å²) in [7, 11) is 0.466. The number of fused-ring (bicyclic) bond motifs is 1. The van der Waals surface area contributed by atoms with Crippen molar-refractivity contribution in [3.8, 4) is 0 Å². The zero-order chi connectivity index (χ0) is 18.5. The number of benzene rings is 1. The fourth-order valence-corrected chi connectivity index (χ4v) is 3.27. The molecule has 0 aliphatic carbocycles. The Bertz CT molecular complexity index is 728. The second-order valence-electron chi connectivity index (χ2n) is 6.94. The van der Waals surface area contributed by atoms with Crippen LogP contribution in [-0.2, 0) is 11.2 Å². The Balaban J connectivity index is 1.54. The van der Waals surface area contributed by atoms with Gasteiger partial charge in [-0.25, -0.2) is 0 Å². The Morgan fingerprint density at radius 1 is 1.27 bits per heavy atom. The average molecular weight is 359 g/mol. The largest absolute Gasteiger partial charge is 0.475 e. The number of amides is 1. The summed E-state index contributed by atoms with van der Waals surface area (Å²) >= 11 is 0. The van der Waals surface area contributed by atoms with E-state index < -0.39 is 13.1 Å². The number of carbonyl (C=O) groups is 1. The van der Waals surface area contributed by atoms with E-state index in [9.17, 15) is 14.8 Å². The predicted molar refractivity (Wildman–Crippen MR) is 101 cm³/mol. The van der Waals surface area contributed by atoms with Crippen LogP contribution < -0.4 is 5.32 Å². The minimum absolute atomic E-state index is 0.171. The van der Waals surface area contributed by atoms with E-state index in [1.807, 2.05) is 24.3 Å². The highest BCUT2D eigenvalue weighted by molar-refractivity contribution is 6.43. The molecule has 1 atom stereocenters. The molecule has 1 unspecified atom stereocenters. The van der Waals surface area contributed by atoms with E-state index in [1.165, 1.54) is 0 Å². The number of piperazine rings is 1. The molecular formula is C18H26BN3O4. The van der Waals surface area contributed by atoms with Crippen LogP contribution in [0.15, 0.2) is 34.9 Å². The van der Waals surface area contributed by atoms with Crippen LogP contribution in [0.3, 0.4) is 0 Å². The van der Waals surface area contributed by atoms with Crippen molar-refractivity contribution in [1.82, 2.24) is 15.1 Å². The van der Waals surface area contributed by atoms with Gasteiger partial charge in [-0.2, -0.15) is 0 Å². The first kappa shape index (κ1) is 18.9. The number of rotatable bonds is 7. The summed E-state index contributed by atoms with van der Waals surface area (Å²) in [6.45, 7) is 4.61. The van der Waals surface area contributed by atoms with Crippen molar-refractivity contribution in [2.45, 2.75) is 18.8 Å². The first-order chi connectivity index (χ1) is 12.5. The maximum absolute atomic E-state index is 12.3. The number of nitrogens with zero attached hydrogens (tertiary/aromatic N) is 2. The SMILES string of the molecule is CN1CCN(CCC(=O)NC(Cc2coc3ccccc23)B(O)O)CC1. The summed E-state index contributed by atoms with van der Waals surface area (Å²) in [5, 5.41) is 23.0. The Hall–Kier alpha value is -1.87. The maximum atomic E-state index is 12.3. The molecule has 0 bridgehead atoms. The number of para-hydroxylation sites is 1. The van der Waals surface area contributed by atoms with E-state index in [0.29, 0.717) is 19.4 Å². The molecule has 3 rings (SSSR count). The lowest BCUT2D eigenvalue weighted by Gasteiger charge is -2.32. The lowest BCUT2D eigenvalue weighted by molar-refractivity contribution is -0.121. The van der Waals surface area contributed by atoms with Gasteiger partial charge in [-0.15, -0.1) is 0 Å². The van der Waals surface area contributed by atoms with E-state index in [4.69, 9.17) is 4.42 Å². The molecule has 0 spiro atoms. The van der Waals surface area contributed by atoms with E-state index in [-0.39, 0.29) is 5.91 Å². The Kier molecular flexibility index (Phi) is 6.31. The second-order valence-corrected chi connectivity index (χ2v) is 6.94. The van der Waals surface area contributed by atoms with Crippen LogP contribution in [0.25, 0.3) is 11.0 Å². The van der Waals surface area contributed by atoms with Gasteiger partial charge in [0.2, 0.25) is 5.91 Å². The number of hydrogen-bond donors (Lipinski definition) is 3. The van der Waals surface area contributed by atoms with Gasteiger partial charge in [0.25, 0.3) is 0 Å². The summed E-state index contributed by atoms with van der Waals surface area (Å²) in [6, 6.07) is 7.57. The van der Waals surface area contributed by atoms with Gasteiger partial charge >= 0.3 is 7.12 Å². The smallest absolute Gasteiger partial charge is 0.464 e. The highest BCUT2D eigenvalue weighted by Gasteiger charge is 2.27. The summed E-state index contributed by atoms with van der Waals surface area (Å²) in [4.78, 5) is 16.8. The van der Waals surface area contributed by atoms with Gasteiger partial charge in [-0.1, -0.05) is 18.2 Å². The van der Waals surface area contributed by atoms with Crippen LogP contribution >= 0.6 is 0 Å². The van der Waals surface area contributed by atoms with E-state index in [2.05, 4.69) is 22.2 Å². The van der Waals surface area contributed by atoms with Gasteiger partial charge in [0.05, 0.1) is 12.2 Å². The van der Waals surface area contributed by atoms with Gasteiger partial charge in [0.15, 0.2) is 0 Å². The first-order valence-electron chi connectivity index (χ1n) is 9.04. The van der Waals surface area contributed by atoms with Gasteiger partial charge < -0.3 is 29.6 Å². The lowest BCUT2D eigenvalue weighted by atomic mass is 9.76. The van der Waals surface area contributed by atoms with Gasteiger partial charge in [0, 0.05) is 44.5 Å². The van der Waals surface area contributed by atoms with Crippen LogP contribution in [0.5, 0.6) is 0 Å². The van der Waals surface area contributed by atoms with E-state index in [1.54, 1.807) is 6.26 Å². The highest BCUT2D eigenvalue weighted by atomic mass is 16.4. The normalized spacial score (nSPS) is 17.3. The summed E-state index contributed by atoms with van der Waals surface area (Å²) in [5.74, 6) is -0.939. The number of hydrogen-bond acceptors (Lipinski definition) is 6. The molecular weight excluding hydrogens is 333 g/mol. The maximum Gasteiger partial charge on any atom is 0.475 e. The summed E-state index contributed by atoms with van der Waals surface area (Å²) in [6.07, 6.45) is 2.25. The van der Waals surface area contributed by atoms with Gasteiger partial charge in [0.1, 0.15) is 5.58 Å². The van der Waals surface area contributed by atoms with E-state index >= 15 is 0 Å². The van der Waals surface area contributed by atoms with Crippen LogP contribution in [0.1, 0.15) is 12.0 Å². The van der Waals surface area contributed by atoms with Crippen LogP contribution in [0.4, 0.5) is 0 Å². The van der Waals surface area contributed by atoms with Crippen LogP contribution in [0, 0.1) is 0 Å². The molecule has 1 aliphatic rings. The molecule has 2 aromatic rings. The van der Waals surface area contributed by atoms with Crippen LogP contribution in [-0.4, -0.2) is 78.6 Å². The molecule has 0 radical (unpaired) electrons. The first-order valence-corrected chi connectivity index (χ1v) is 9.04. The van der Waals surface area contributed by atoms with Crippen molar-refractivity contribution in [2.75, 3.05) is 39.8 Å². The molecule has 0 saturated carbocycles. The fourth-order valence-electron chi connectivity index (χ4n) is 3.27. The topological polar surface area (TPSA) is 89.2 Å². The third-order valence-corrected chi connectivity index (χ3v) is 4.96. The lowest BCUT2D eigenvalue weighted by Crippen LogP contribution is -2.49. The summed E-state index contributed by atoms with van der Waals surface area (Å²) < 4.78 is 5.48. The minimum atomic E-state index is -1.63. The van der Waals surface area contributed by atoms with Crippen molar-refractivity contribution in [3.63, 3.8) is 0 Å². The second kappa shape index (κ2) is 8.68. The zero-order valence-electron chi connectivity index (χ0n) is 15.1. The molecule has 1 amide bonds. The number of likely N-dealkylation sites (N-methyl/N-ethyl adjacent to an activating group) is 1. The Labute approximate surface area is 153 Å². The molecule has 2 heterocycles. The zero-order valence-corrected chi connectivity index (χ0v) is 15.1. The molecule has 1 aliphatic heterocycles. The Morgan fingerprint density at radius 2 is 2.00 bits per heavy atom. The average Bonchev–Trinajstić information content (AvgIpc) is 3.04. The third-order valence-electron chi connectivity index (χ3n) is 4.96. The van der Waals surface area contributed by atoms with Gasteiger partial charge in [-0.3, -0.25) is 4.79 Å². The number of nitrogens with one attached hydrogen (secondary N) is 1. The van der Waals surface area contributed by atoms with E-state index in [0.717, 1.165) is 42.7 Å². The molecule has 1 aromatic heterocycles. The quantitative estimate of drug-likeness (QED) is 0.608. The molecule has 140 valence electrons. The Morgan fingerprint density at radius 3 is 2.73 bits per heavy atom. The standard InChI is InChI=1S/C18H26BN3O4/c1-21-8-10-22(11-9-21)7-6-18(23)20-17(19(24)25)12-14-13-26-16-5-3-2-4-15(14)16/h2-5,13,17,24-25H,6-12H2,1H3,(H,20,23). The van der Waals surface area contributed by atoms with Crippen molar-refractivity contribution >= 4 is 24.0 Å². The van der Waals surface area contributed by atoms with Crippen LogP contribution in [0.2, 0.25) is 0 Å². The third kappa shape index (κ3) is 4.85. The molecule has 3 N–H and O–H groups in total. The fraction of sp³-hybridized carbons (Fsp3) is 0.500. The predicted octanol–water partition coefficient (Wildman–Crippen LogP) is 0.110. The molecule has 1 aromatic carbocycles. The minimum Gasteiger partial charge on any atom is -0.464 e. The molecule has 1 saturated heterocycles. The monoisotopic (exact) mass is 359 g/mol. The number of furan rings is 1. The molecule has 8 heteroatoms. The number of carbonyl (C=O) groups excluding carboxylic acids is 1. The summed E-state index contributed by atoms with van der Waals surface area (Å²) in [5.41, 5.74) is 1.59. The highest BCUT2D eigenvalue weighted by Crippen LogP contribution is 2.22. The molecule has 7 nitrogen and oxygen atoms in total. The van der Waals surface area contributed by atoms with Crippen molar-refractivity contribution in [3.05, 3.63) is 36.1 Å². The van der Waals surface area contributed by atoms with Crippen molar-refractivity contribution in [2.24, 2.45) is 0 Å². The van der Waals surface area contributed by atoms with Crippen molar-refractivity contribution < 1.29 is 19.3 Å². The van der Waals surface area contributed by atoms with Crippen molar-refractivity contribution in [1.29, 1.82) is 0 Å². The molecule has 1 fully saturated rings. The van der Waals surface area contributed by atoms with Gasteiger partial charge in [-0.05, 0) is 25.1 Å².